The molecule has 8 heavy (non-hydrogen) atoms. The predicted octanol–water partition coefficient (Wildman–Crippen LogP) is 0.275. The monoisotopic (exact) mass is 115 g/mol. The van der Waals surface area contributed by atoms with Crippen molar-refractivity contribution in [3.05, 3.63) is 0 Å². The molecule has 0 aliphatic carbocycles. The quantitative estimate of drug-likeness (QED) is 0.490. The molecule has 0 spiro atoms. The molecule has 0 aromatic heterocycles. The lowest BCUT2D eigenvalue weighted by molar-refractivity contribution is -0.146. The average Bonchev–Trinajstić information content (AvgIpc) is 1.83. The van der Waals surface area contributed by atoms with E-state index in [0.717, 1.165) is 0 Å². The van der Waals surface area contributed by atoms with Crippen molar-refractivity contribution in [3.8, 4) is 0 Å². The number of aliphatic hydroxyl groups is 1. The molecule has 3 atom stereocenters. The molecule has 1 aliphatic heterocycles. The first-order valence-electron chi connectivity index (χ1n) is 3.04. The van der Waals surface area contributed by atoms with E-state index in [-0.39, 0.29) is 6.23 Å². The van der Waals surface area contributed by atoms with E-state index in [1.807, 2.05) is 11.9 Å². The van der Waals surface area contributed by atoms with Crippen molar-refractivity contribution in [2.45, 2.75) is 26.1 Å². The summed E-state index contributed by atoms with van der Waals surface area (Å²) in [6, 6.07) is 0.560. The van der Waals surface area contributed by atoms with Crippen molar-refractivity contribution in [2.24, 2.45) is 5.92 Å². The summed E-state index contributed by atoms with van der Waals surface area (Å²) in [5.74, 6) is 0.458. The zero-order valence-corrected chi connectivity index (χ0v) is 5.63. The Morgan fingerprint density at radius 2 is 1.88 bits per heavy atom. The summed E-state index contributed by atoms with van der Waals surface area (Å²) in [5.41, 5.74) is 0. The molecule has 0 radical (unpaired) electrons. The van der Waals surface area contributed by atoms with Gasteiger partial charge in [0.25, 0.3) is 0 Å². The predicted molar refractivity (Wildman–Crippen MR) is 32.4 cm³/mol. The fraction of sp³-hybridized carbons (Fsp3) is 1.00. The first-order valence-corrected chi connectivity index (χ1v) is 3.04. The van der Waals surface area contributed by atoms with Gasteiger partial charge in [-0.05, 0) is 14.0 Å². The number of nitrogens with zero attached hydrogens (tertiary/aromatic N) is 1. The van der Waals surface area contributed by atoms with E-state index in [1.54, 1.807) is 0 Å². The topological polar surface area (TPSA) is 23.5 Å². The molecule has 1 heterocycles. The third-order valence-electron chi connectivity index (χ3n) is 2.29. The Labute approximate surface area is 50.1 Å². The summed E-state index contributed by atoms with van der Waals surface area (Å²) < 4.78 is 0. The Hall–Kier alpha value is -0.0800. The molecule has 1 saturated heterocycles. The maximum Gasteiger partial charge on any atom is 0.111 e. The van der Waals surface area contributed by atoms with Crippen LogP contribution >= 0.6 is 0 Å². The molecular formula is C6H13NO. The lowest BCUT2D eigenvalue weighted by Crippen LogP contribution is -2.59. The van der Waals surface area contributed by atoms with Gasteiger partial charge in [-0.25, -0.2) is 0 Å². The summed E-state index contributed by atoms with van der Waals surface area (Å²) in [4.78, 5) is 1.96. The highest BCUT2D eigenvalue weighted by atomic mass is 16.3. The van der Waals surface area contributed by atoms with Crippen LogP contribution in [0.25, 0.3) is 0 Å². The van der Waals surface area contributed by atoms with E-state index in [0.29, 0.717) is 12.0 Å². The Kier molecular flexibility index (Phi) is 1.29. The average molecular weight is 115 g/mol. The molecule has 2 heteroatoms. The number of likely N-dealkylation sites (tertiary alicyclic amines) is 1. The standard InChI is InChI=1S/C6H13NO/c1-4-5(2)7(3)6(4)8/h4-6,8H,1-3H3. The second kappa shape index (κ2) is 1.71. The van der Waals surface area contributed by atoms with Gasteiger partial charge in [0.2, 0.25) is 0 Å². The number of aliphatic hydroxyl groups excluding tert-OH is 1. The van der Waals surface area contributed by atoms with Crippen molar-refractivity contribution in [2.75, 3.05) is 7.05 Å². The molecule has 2 nitrogen and oxygen atoms in total. The normalized spacial score (nSPS) is 48.8. The van der Waals surface area contributed by atoms with Gasteiger partial charge >= 0.3 is 0 Å². The van der Waals surface area contributed by atoms with Crippen LogP contribution < -0.4 is 0 Å². The van der Waals surface area contributed by atoms with Crippen LogP contribution in [0.15, 0.2) is 0 Å². The molecule has 0 bridgehead atoms. The van der Waals surface area contributed by atoms with Crippen molar-refractivity contribution in [1.29, 1.82) is 0 Å². The molecule has 3 unspecified atom stereocenters. The second-order valence-electron chi connectivity index (χ2n) is 2.68. The largest absolute Gasteiger partial charge is 0.378 e. The van der Waals surface area contributed by atoms with Gasteiger partial charge in [-0.2, -0.15) is 0 Å². The first-order chi connectivity index (χ1) is 3.64. The fourth-order valence-electron chi connectivity index (χ4n) is 1.13. The minimum Gasteiger partial charge on any atom is -0.378 e. The van der Waals surface area contributed by atoms with Gasteiger partial charge in [0.1, 0.15) is 6.23 Å². The van der Waals surface area contributed by atoms with Crippen molar-refractivity contribution in [1.82, 2.24) is 4.90 Å². The summed E-state index contributed by atoms with van der Waals surface area (Å²) >= 11 is 0. The summed E-state index contributed by atoms with van der Waals surface area (Å²) in [6.07, 6.45) is -0.190. The van der Waals surface area contributed by atoms with Crippen LogP contribution in [0.2, 0.25) is 0 Å². The van der Waals surface area contributed by atoms with Crippen molar-refractivity contribution in [3.63, 3.8) is 0 Å². The minimum absolute atomic E-state index is 0.190. The van der Waals surface area contributed by atoms with Crippen LogP contribution in [0.1, 0.15) is 13.8 Å². The van der Waals surface area contributed by atoms with Gasteiger partial charge in [0, 0.05) is 12.0 Å². The summed E-state index contributed by atoms with van der Waals surface area (Å²) in [7, 11) is 1.94. The van der Waals surface area contributed by atoms with E-state index in [9.17, 15) is 0 Å². The molecule has 0 saturated carbocycles. The highest BCUT2D eigenvalue weighted by Gasteiger charge is 2.38. The molecule has 1 fully saturated rings. The third kappa shape index (κ3) is 0.565. The zero-order valence-electron chi connectivity index (χ0n) is 5.63. The van der Waals surface area contributed by atoms with Crippen LogP contribution in [0.3, 0.4) is 0 Å². The second-order valence-corrected chi connectivity index (χ2v) is 2.68. The fourth-order valence-corrected chi connectivity index (χ4v) is 1.13. The Balaban J connectivity index is 2.42. The van der Waals surface area contributed by atoms with Gasteiger partial charge < -0.3 is 5.11 Å². The van der Waals surface area contributed by atoms with Gasteiger partial charge in [0.05, 0.1) is 0 Å². The molecule has 48 valence electrons. The SMILES string of the molecule is CC1C(C)N(C)C1O. The number of hydrogen-bond donors (Lipinski definition) is 1. The molecule has 1 rings (SSSR count). The van der Waals surface area contributed by atoms with Crippen LogP contribution in [0.5, 0.6) is 0 Å². The summed E-state index contributed by atoms with van der Waals surface area (Å²) in [5, 5.41) is 9.08. The van der Waals surface area contributed by atoms with E-state index in [1.165, 1.54) is 0 Å². The first kappa shape index (κ1) is 6.05. The van der Waals surface area contributed by atoms with E-state index < -0.39 is 0 Å². The highest BCUT2D eigenvalue weighted by Crippen LogP contribution is 2.27. The molecule has 1 N–H and O–H groups in total. The van der Waals surface area contributed by atoms with Crippen molar-refractivity contribution >= 4 is 0 Å². The van der Waals surface area contributed by atoms with Gasteiger partial charge in [-0.3, -0.25) is 4.90 Å². The van der Waals surface area contributed by atoms with Crippen LogP contribution in [0, 0.1) is 5.92 Å². The molecule has 0 amide bonds. The zero-order chi connectivity index (χ0) is 6.31. The van der Waals surface area contributed by atoms with E-state index >= 15 is 0 Å². The third-order valence-corrected chi connectivity index (χ3v) is 2.29. The Morgan fingerprint density at radius 1 is 1.38 bits per heavy atom. The Morgan fingerprint density at radius 3 is 2.00 bits per heavy atom. The van der Waals surface area contributed by atoms with E-state index in [4.69, 9.17) is 5.11 Å². The molecular weight excluding hydrogens is 102 g/mol. The lowest BCUT2D eigenvalue weighted by atomic mass is 9.90. The highest BCUT2D eigenvalue weighted by molar-refractivity contribution is 4.86. The van der Waals surface area contributed by atoms with Crippen LogP contribution in [-0.4, -0.2) is 29.3 Å². The van der Waals surface area contributed by atoms with Gasteiger partial charge in [-0.15, -0.1) is 0 Å². The van der Waals surface area contributed by atoms with Gasteiger partial charge in [0.15, 0.2) is 0 Å². The molecule has 0 aromatic rings. The van der Waals surface area contributed by atoms with Crippen molar-refractivity contribution < 1.29 is 5.11 Å². The Bertz CT molecular complexity index is 62.5. The molecule has 0 aromatic carbocycles. The smallest absolute Gasteiger partial charge is 0.111 e. The maximum atomic E-state index is 9.08. The molecule has 1 aliphatic rings. The van der Waals surface area contributed by atoms with Gasteiger partial charge in [-0.1, -0.05) is 6.92 Å². The van der Waals surface area contributed by atoms with Crippen LogP contribution in [-0.2, 0) is 0 Å². The minimum atomic E-state index is -0.190. The summed E-state index contributed by atoms with van der Waals surface area (Å²) in [6.45, 7) is 4.19. The van der Waals surface area contributed by atoms with E-state index in [2.05, 4.69) is 13.8 Å². The maximum absolute atomic E-state index is 9.08. The lowest BCUT2D eigenvalue weighted by Gasteiger charge is -2.47. The number of rotatable bonds is 0. The van der Waals surface area contributed by atoms with Crippen LogP contribution in [0.4, 0.5) is 0 Å². The number of hydrogen-bond acceptors (Lipinski definition) is 2.